The summed E-state index contributed by atoms with van der Waals surface area (Å²) >= 11 is 0. The smallest absolute Gasteiger partial charge is 0.279 e. The first-order valence-corrected chi connectivity index (χ1v) is 10.3. The van der Waals surface area contributed by atoms with E-state index in [0.29, 0.717) is 25.2 Å². The Balaban J connectivity index is 1.45. The molecule has 0 radical (unpaired) electrons. The quantitative estimate of drug-likeness (QED) is 0.718. The first-order chi connectivity index (χ1) is 14.6. The van der Waals surface area contributed by atoms with Crippen molar-refractivity contribution in [2.45, 2.75) is 13.3 Å². The van der Waals surface area contributed by atoms with Crippen LogP contribution in [0.1, 0.15) is 23.6 Å². The van der Waals surface area contributed by atoms with Gasteiger partial charge in [-0.15, -0.1) is 0 Å². The number of amides is 2. The monoisotopic (exact) mass is 403 g/mol. The molecule has 1 aliphatic rings. The lowest BCUT2D eigenvalue weighted by Gasteiger charge is -2.31. The average Bonchev–Trinajstić information content (AvgIpc) is 2.78. The van der Waals surface area contributed by atoms with E-state index in [0.717, 1.165) is 36.3 Å². The van der Waals surface area contributed by atoms with Crippen LogP contribution in [0.5, 0.6) is 0 Å². The number of benzene rings is 2. The van der Waals surface area contributed by atoms with Crippen molar-refractivity contribution in [3.63, 3.8) is 0 Å². The van der Waals surface area contributed by atoms with Crippen LogP contribution in [-0.4, -0.2) is 49.4 Å². The summed E-state index contributed by atoms with van der Waals surface area (Å²) in [6.07, 6.45) is 4.21. The summed E-state index contributed by atoms with van der Waals surface area (Å²) in [6.45, 7) is 5.23. The second-order valence-corrected chi connectivity index (χ2v) is 7.38. The largest absolute Gasteiger partial charge is 0.328 e. The maximum atomic E-state index is 12.4. The molecule has 2 aromatic carbocycles. The van der Waals surface area contributed by atoms with Crippen LogP contribution in [0.2, 0.25) is 0 Å². The fourth-order valence-corrected chi connectivity index (χ4v) is 3.53. The number of carbonyl (C=O) groups is 2. The van der Waals surface area contributed by atoms with E-state index in [1.807, 2.05) is 41.3 Å². The molecule has 1 saturated heterocycles. The molecule has 2 N–H and O–H groups in total. The van der Waals surface area contributed by atoms with E-state index in [9.17, 15) is 9.59 Å². The fraction of sp³-hybridized carbons (Fsp3) is 0.292. The van der Waals surface area contributed by atoms with Crippen molar-refractivity contribution in [2.75, 3.05) is 38.0 Å². The number of nitriles is 1. The molecule has 0 bridgehead atoms. The van der Waals surface area contributed by atoms with Gasteiger partial charge in [0.05, 0.1) is 37.8 Å². The molecule has 154 valence electrons. The highest BCUT2D eigenvalue weighted by molar-refractivity contribution is 5.92. The lowest BCUT2D eigenvalue weighted by molar-refractivity contribution is -0.895. The molecule has 0 aliphatic carbocycles. The summed E-state index contributed by atoms with van der Waals surface area (Å²) in [6, 6.07) is 17.0. The summed E-state index contributed by atoms with van der Waals surface area (Å²) < 4.78 is 0. The average molecular weight is 404 g/mol. The van der Waals surface area contributed by atoms with Gasteiger partial charge in [-0.1, -0.05) is 37.3 Å². The summed E-state index contributed by atoms with van der Waals surface area (Å²) in [5.74, 6) is -0.0221. The first kappa shape index (κ1) is 21.3. The Hall–Kier alpha value is -3.43. The van der Waals surface area contributed by atoms with Gasteiger partial charge in [0.2, 0.25) is 5.91 Å². The van der Waals surface area contributed by atoms with Crippen molar-refractivity contribution < 1.29 is 14.5 Å². The Morgan fingerprint density at radius 3 is 2.50 bits per heavy atom. The van der Waals surface area contributed by atoms with Crippen LogP contribution >= 0.6 is 0 Å². The second kappa shape index (κ2) is 10.4. The number of nitrogens with one attached hydrogen (secondary N) is 2. The van der Waals surface area contributed by atoms with Crippen LogP contribution in [0.25, 0.3) is 6.08 Å². The van der Waals surface area contributed by atoms with E-state index in [-0.39, 0.29) is 11.8 Å². The van der Waals surface area contributed by atoms with Gasteiger partial charge in [-0.2, -0.15) is 5.26 Å². The third-order valence-electron chi connectivity index (χ3n) is 5.32. The Morgan fingerprint density at radius 2 is 1.83 bits per heavy atom. The Kier molecular flexibility index (Phi) is 7.36. The molecular weight excluding hydrogens is 376 g/mol. The molecule has 0 spiro atoms. The van der Waals surface area contributed by atoms with Gasteiger partial charge in [0, 0.05) is 11.8 Å². The number of aryl methyl sites for hydroxylation is 1. The van der Waals surface area contributed by atoms with E-state index in [1.165, 1.54) is 4.90 Å². The number of anilines is 1. The molecule has 6 heteroatoms. The van der Waals surface area contributed by atoms with E-state index >= 15 is 0 Å². The molecular formula is C24H27N4O2+. The standard InChI is InChI=1S/C24H26N4O2/c1-2-21-5-3-4-6-22(21)26-23(29)18-27-13-15-28(16-14-27)24(30)12-11-19-7-9-20(17-25)10-8-19/h3-12H,2,13-16,18H2,1H3,(H,26,29)/p+1/b12-11+. The van der Waals surface area contributed by atoms with Crippen molar-refractivity contribution >= 4 is 23.6 Å². The van der Waals surface area contributed by atoms with Gasteiger partial charge < -0.3 is 15.1 Å². The maximum Gasteiger partial charge on any atom is 0.279 e. The molecule has 0 aromatic heterocycles. The molecule has 6 nitrogen and oxygen atoms in total. The lowest BCUT2D eigenvalue weighted by Crippen LogP contribution is -3.15. The number of carbonyl (C=O) groups excluding carboxylic acids is 2. The van der Waals surface area contributed by atoms with E-state index in [1.54, 1.807) is 24.3 Å². The van der Waals surface area contributed by atoms with Gasteiger partial charge in [0.15, 0.2) is 6.54 Å². The third-order valence-corrected chi connectivity index (χ3v) is 5.32. The van der Waals surface area contributed by atoms with Gasteiger partial charge in [-0.25, -0.2) is 0 Å². The van der Waals surface area contributed by atoms with Gasteiger partial charge >= 0.3 is 0 Å². The van der Waals surface area contributed by atoms with Crippen LogP contribution in [0.15, 0.2) is 54.6 Å². The van der Waals surface area contributed by atoms with Gasteiger partial charge in [0.25, 0.3) is 5.91 Å². The molecule has 30 heavy (non-hydrogen) atoms. The lowest BCUT2D eigenvalue weighted by atomic mass is 10.1. The normalized spacial score (nSPS) is 14.5. The fourth-order valence-electron chi connectivity index (χ4n) is 3.53. The van der Waals surface area contributed by atoms with Crippen molar-refractivity contribution in [3.8, 4) is 6.07 Å². The predicted octanol–water partition coefficient (Wildman–Crippen LogP) is 1.50. The number of rotatable bonds is 6. The summed E-state index contributed by atoms with van der Waals surface area (Å²) in [5, 5.41) is 11.9. The predicted molar refractivity (Wildman–Crippen MR) is 117 cm³/mol. The Morgan fingerprint density at radius 1 is 1.13 bits per heavy atom. The second-order valence-electron chi connectivity index (χ2n) is 7.38. The van der Waals surface area contributed by atoms with Gasteiger partial charge in [-0.3, -0.25) is 9.59 Å². The molecule has 2 aromatic rings. The SMILES string of the molecule is CCc1ccccc1NC(=O)C[NH+]1CCN(C(=O)/C=C/c2ccc(C#N)cc2)CC1. The topological polar surface area (TPSA) is 77.6 Å². The van der Waals surface area contributed by atoms with Crippen molar-refractivity contribution in [2.24, 2.45) is 0 Å². The Labute approximate surface area is 177 Å². The van der Waals surface area contributed by atoms with E-state index in [2.05, 4.69) is 18.3 Å². The highest BCUT2D eigenvalue weighted by atomic mass is 16.2. The van der Waals surface area contributed by atoms with Gasteiger partial charge in [-0.05, 0) is 41.8 Å². The Bertz CT molecular complexity index is 952. The van der Waals surface area contributed by atoms with E-state index in [4.69, 9.17) is 5.26 Å². The zero-order valence-electron chi connectivity index (χ0n) is 17.2. The third kappa shape index (κ3) is 5.79. The molecule has 3 rings (SSSR count). The molecule has 0 unspecified atom stereocenters. The van der Waals surface area contributed by atoms with Crippen LogP contribution in [0, 0.1) is 11.3 Å². The zero-order chi connectivity index (χ0) is 21.3. The highest BCUT2D eigenvalue weighted by Gasteiger charge is 2.24. The number of nitrogens with zero attached hydrogens (tertiary/aromatic N) is 2. The van der Waals surface area contributed by atoms with Crippen molar-refractivity contribution in [3.05, 3.63) is 71.3 Å². The minimum absolute atomic E-state index is 0.00592. The number of piperazine rings is 1. The molecule has 1 aliphatic heterocycles. The van der Waals surface area contributed by atoms with E-state index < -0.39 is 0 Å². The molecule has 0 saturated carbocycles. The summed E-state index contributed by atoms with van der Waals surface area (Å²) in [4.78, 5) is 27.9. The first-order valence-electron chi connectivity index (χ1n) is 10.3. The van der Waals surface area contributed by atoms with Gasteiger partial charge in [0.1, 0.15) is 0 Å². The van der Waals surface area contributed by atoms with Crippen LogP contribution in [0.3, 0.4) is 0 Å². The number of hydrogen-bond donors (Lipinski definition) is 2. The van der Waals surface area contributed by atoms with Crippen LogP contribution in [-0.2, 0) is 16.0 Å². The molecule has 1 fully saturated rings. The van der Waals surface area contributed by atoms with Crippen molar-refractivity contribution in [1.82, 2.24) is 4.90 Å². The highest BCUT2D eigenvalue weighted by Crippen LogP contribution is 2.14. The minimum Gasteiger partial charge on any atom is -0.328 e. The minimum atomic E-state index is -0.0280. The molecule has 0 atom stereocenters. The number of quaternary nitrogens is 1. The maximum absolute atomic E-state index is 12.4. The van der Waals surface area contributed by atoms with Crippen LogP contribution in [0.4, 0.5) is 5.69 Å². The number of hydrogen-bond acceptors (Lipinski definition) is 3. The van der Waals surface area contributed by atoms with Crippen molar-refractivity contribution in [1.29, 1.82) is 5.26 Å². The summed E-state index contributed by atoms with van der Waals surface area (Å²) in [7, 11) is 0. The number of para-hydroxylation sites is 1. The zero-order valence-corrected chi connectivity index (χ0v) is 17.2. The molecule has 2 amide bonds. The molecule has 1 heterocycles. The summed E-state index contributed by atoms with van der Waals surface area (Å²) in [5.41, 5.74) is 3.49. The van der Waals surface area contributed by atoms with Crippen LogP contribution < -0.4 is 10.2 Å².